The van der Waals surface area contributed by atoms with Crippen LogP contribution in [-0.4, -0.2) is 34.9 Å². The summed E-state index contributed by atoms with van der Waals surface area (Å²) in [5.41, 5.74) is 6.93. The Labute approximate surface area is 344 Å². The van der Waals surface area contributed by atoms with Crippen molar-refractivity contribution >= 4 is 69.9 Å². The number of hydrogen-bond acceptors (Lipinski definition) is 6. The van der Waals surface area contributed by atoms with Crippen LogP contribution in [-0.2, 0) is 25.7 Å². The average Bonchev–Trinajstić information content (AvgIpc) is 3.15. The van der Waals surface area contributed by atoms with Gasteiger partial charge in [0.1, 0.15) is 23.0 Å². The number of benzene rings is 6. The van der Waals surface area contributed by atoms with Crippen LogP contribution in [0.25, 0.3) is 0 Å². The van der Waals surface area contributed by atoms with Crippen molar-refractivity contribution in [3.63, 3.8) is 0 Å². The zero-order valence-electron chi connectivity index (χ0n) is 29.1. The van der Waals surface area contributed by atoms with E-state index in [-0.39, 0.29) is 11.5 Å². The van der Waals surface area contributed by atoms with Gasteiger partial charge in [-0.2, -0.15) is 0 Å². The summed E-state index contributed by atoms with van der Waals surface area (Å²) in [6.45, 7) is 0.829. The first-order valence-corrected chi connectivity index (χ1v) is 20.9. The van der Waals surface area contributed by atoms with Crippen LogP contribution < -0.4 is 9.47 Å². The Morgan fingerprint density at radius 1 is 0.444 bits per heavy atom. The third kappa shape index (κ3) is 9.25. The normalized spacial score (nSPS) is 12.4. The molecule has 7 rings (SSSR count). The predicted octanol–water partition coefficient (Wildman–Crippen LogP) is 12.7. The molecule has 0 aliphatic heterocycles. The van der Waals surface area contributed by atoms with E-state index in [9.17, 15) is 10.2 Å². The van der Waals surface area contributed by atoms with E-state index in [1.54, 1.807) is 47.8 Å². The molecular formula is C44H36Cl4O4S2. The van der Waals surface area contributed by atoms with Gasteiger partial charge in [-0.1, -0.05) is 119 Å². The highest BCUT2D eigenvalue weighted by Crippen LogP contribution is 2.39. The van der Waals surface area contributed by atoms with Crippen molar-refractivity contribution in [1.29, 1.82) is 0 Å². The van der Waals surface area contributed by atoms with E-state index in [1.165, 1.54) is 0 Å². The monoisotopic (exact) mass is 832 g/mol. The molecule has 0 spiro atoms. The maximum Gasteiger partial charge on any atom is 0.126 e. The summed E-state index contributed by atoms with van der Waals surface area (Å²) in [7, 11) is 0. The summed E-state index contributed by atoms with van der Waals surface area (Å²) in [6, 6.07) is 34.8. The minimum atomic E-state index is 0.248. The molecular weight excluding hydrogens is 798 g/mol. The summed E-state index contributed by atoms with van der Waals surface area (Å²) < 4.78 is 13.1. The van der Waals surface area contributed by atoms with Gasteiger partial charge in [0.05, 0.1) is 23.3 Å². The van der Waals surface area contributed by atoms with Gasteiger partial charge < -0.3 is 19.7 Å². The Kier molecular flexibility index (Phi) is 12.8. The van der Waals surface area contributed by atoms with E-state index in [0.717, 1.165) is 65.8 Å². The van der Waals surface area contributed by atoms with Crippen molar-refractivity contribution < 1.29 is 19.7 Å². The first-order valence-electron chi connectivity index (χ1n) is 17.5. The SMILES string of the molecule is Oc1c2cccc1Cc1cccc(c1OCCSc1cc(Cl)ccc1Cl)Cc1cccc(c1O)Cc1cccc(c1OCCSc1cc(Cl)ccc1Cl)C2. The lowest BCUT2D eigenvalue weighted by Gasteiger charge is -2.20. The maximum atomic E-state index is 11.8. The molecule has 0 fully saturated rings. The average molecular weight is 835 g/mol. The standard InChI is InChI=1S/C44H36Cl4O4S2/c45-35-13-15-37(47)39(25-35)53-19-17-51-43-31-9-3-11-33(43)23-29-7-2-8-30(42(29)50)24-34-12-4-10-32(22-28-6-1-5-27(21-31)41(28)49)44(34)52-18-20-54-40-26-36(46)14-16-38(40)48/h1-16,25-26,49-50H,17-24H2. The van der Waals surface area contributed by atoms with Crippen molar-refractivity contribution in [1.82, 2.24) is 0 Å². The third-order valence-electron chi connectivity index (χ3n) is 9.25. The summed E-state index contributed by atoms with van der Waals surface area (Å²) in [5.74, 6) is 3.27. The second-order valence-electron chi connectivity index (χ2n) is 12.9. The minimum Gasteiger partial charge on any atom is -0.507 e. The maximum absolute atomic E-state index is 11.8. The molecule has 0 unspecified atom stereocenters. The Morgan fingerprint density at radius 3 is 1.09 bits per heavy atom. The van der Waals surface area contributed by atoms with E-state index < -0.39 is 0 Å². The number of ether oxygens (including phenoxy) is 2. The summed E-state index contributed by atoms with van der Waals surface area (Å²) >= 11 is 28.4. The molecule has 54 heavy (non-hydrogen) atoms. The first kappa shape index (κ1) is 38.6. The van der Waals surface area contributed by atoms with E-state index in [2.05, 4.69) is 0 Å². The van der Waals surface area contributed by atoms with E-state index in [1.807, 2.05) is 84.9 Å². The highest BCUT2D eigenvalue weighted by atomic mass is 35.5. The second-order valence-corrected chi connectivity index (χ2v) is 16.9. The second kappa shape index (κ2) is 17.9. The zero-order valence-corrected chi connectivity index (χ0v) is 33.7. The van der Waals surface area contributed by atoms with Crippen LogP contribution in [0.5, 0.6) is 23.0 Å². The van der Waals surface area contributed by atoms with E-state index >= 15 is 0 Å². The fourth-order valence-corrected chi connectivity index (χ4v) is 9.29. The van der Waals surface area contributed by atoms with Gasteiger partial charge in [-0.15, -0.1) is 23.5 Å². The Hall–Kier alpha value is -3.62. The van der Waals surface area contributed by atoms with Gasteiger partial charge in [-0.25, -0.2) is 0 Å². The Balaban J connectivity index is 1.21. The molecule has 2 N–H and O–H groups in total. The number of hydrogen-bond donors (Lipinski definition) is 2. The molecule has 1 aliphatic rings. The molecule has 0 saturated heterocycles. The largest absolute Gasteiger partial charge is 0.507 e. The van der Waals surface area contributed by atoms with Gasteiger partial charge in [0.25, 0.3) is 0 Å². The number of halogens is 4. The van der Waals surface area contributed by atoms with Gasteiger partial charge in [-0.05, 0) is 80.9 Å². The summed E-state index contributed by atoms with van der Waals surface area (Å²) in [4.78, 5) is 1.79. The third-order valence-corrected chi connectivity index (χ3v) is 12.6. The number of thioether (sulfide) groups is 2. The van der Waals surface area contributed by atoms with Crippen LogP contribution in [0.4, 0.5) is 0 Å². The quantitative estimate of drug-likeness (QED) is 0.106. The lowest BCUT2D eigenvalue weighted by Crippen LogP contribution is -2.08. The summed E-state index contributed by atoms with van der Waals surface area (Å²) in [5, 5.41) is 26.1. The van der Waals surface area contributed by atoms with Crippen molar-refractivity contribution in [2.75, 3.05) is 24.7 Å². The van der Waals surface area contributed by atoms with Crippen molar-refractivity contribution in [2.45, 2.75) is 35.5 Å². The van der Waals surface area contributed by atoms with Crippen LogP contribution in [0.1, 0.15) is 44.5 Å². The molecule has 6 aromatic rings. The number of rotatable bonds is 10. The topological polar surface area (TPSA) is 58.9 Å². The van der Waals surface area contributed by atoms with Gasteiger partial charge in [0.2, 0.25) is 0 Å². The van der Waals surface area contributed by atoms with Crippen LogP contribution in [0, 0.1) is 0 Å². The van der Waals surface area contributed by atoms with E-state index in [0.29, 0.717) is 70.5 Å². The first-order chi connectivity index (χ1) is 26.2. The van der Waals surface area contributed by atoms with Gasteiger partial charge >= 0.3 is 0 Å². The van der Waals surface area contributed by atoms with Gasteiger partial charge in [-0.3, -0.25) is 0 Å². The Bertz CT molecular complexity index is 2050. The zero-order chi connectivity index (χ0) is 37.6. The molecule has 4 nitrogen and oxygen atoms in total. The highest BCUT2D eigenvalue weighted by Gasteiger charge is 2.20. The molecule has 0 amide bonds. The predicted molar refractivity (Wildman–Crippen MR) is 226 cm³/mol. The van der Waals surface area contributed by atoms with Crippen LogP contribution in [0.15, 0.2) is 119 Å². The summed E-state index contributed by atoms with van der Waals surface area (Å²) in [6.07, 6.45) is 1.81. The number of fused-ring (bicyclic) bond motifs is 8. The number of phenolic OH excluding ortho intramolecular Hbond substituents is 2. The van der Waals surface area contributed by atoms with Crippen molar-refractivity contribution in [3.8, 4) is 23.0 Å². The molecule has 0 atom stereocenters. The smallest absolute Gasteiger partial charge is 0.126 e. The molecule has 0 heterocycles. The molecule has 10 heteroatoms. The highest BCUT2D eigenvalue weighted by molar-refractivity contribution is 7.99. The lowest BCUT2D eigenvalue weighted by atomic mass is 9.91. The van der Waals surface area contributed by atoms with Gasteiger partial charge in [0, 0.05) is 57.0 Å². The minimum absolute atomic E-state index is 0.248. The fourth-order valence-electron chi connectivity index (χ4n) is 6.65. The molecule has 0 saturated carbocycles. The molecule has 0 aromatic heterocycles. The molecule has 8 bridgehead atoms. The Morgan fingerprint density at radius 2 is 0.759 bits per heavy atom. The van der Waals surface area contributed by atoms with Crippen LogP contribution in [0.3, 0.4) is 0 Å². The lowest BCUT2D eigenvalue weighted by molar-refractivity contribution is 0.337. The molecule has 0 radical (unpaired) electrons. The molecule has 1 aliphatic carbocycles. The van der Waals surface area contributed by atoms with Crippen LogP contribution in [0.2, 0.25) is 20.1 Å². The van der Waals surface area contributed by atoms with Crippen molar-refractivity contribution in [3.05, 3.63) is 174 Å². The molecule has 6 aromatic carbocycles. The van der Waals surface area contributed by atoms with Crippen molar-refractivity contribution in [2.24, 2.45) is 0 Å². The number of phenols is 2. The number of para-hydroxylation sites is 4. The van der Waals surface area contributed by atoms with Gasteiger partial charge in [0.15, 0.2) is 0 Å². The fraction of sp³-hybridized carbons (Fsp3) is 0.182. The van der Waals surface area contributed by atoms with E-state index in [4.69, 9.17) is 55.9 Å². The molecule has 276 valence electrons. The van der Waals surface area contributed by atoms with Crippen LogP contribution >= 0.6 is 69.9 Å². The number of aromatic hydroxyl groups is 2.